The van der Waals surface area contributed by atoms with Gasteiger partial charge >= 0.3 is 5.97 Å². The lowest BCUT2D eigenvalue weighted by molar-refractivity contribution is 0.0699. The molecule has 0 saturated heterocycles. The smallest absolute Gasteiger partial charge is 0.349 e. The number of aromatic carboxylic acids is 1. The van der Waals surface area contributed by atoms with E-state index in [-0.39, 0.29) is 4.88 Å². The number of carboxylic acids is 1. The first-order valence-electron chi connectivity index (χ1n) is 4.73. The van der Waals surface area contributed by atoms with Gasteiger partial charge in [-0.05, 0) is 12.2 Å². The van der Waals surface area contributed by atoms with Crippen molar-refractivity contribution in [1.29, 1.82) is 0 Å². The summed E-state index contributed by atoms with van der Waals surface area (Å²) in [5.74, 6) is 0.574. The molecule has 0 saturated carbocycles. The van der Waals surface area contributed by atoms with E-state index in [0.29, 0.717) is 5.75 Å². The van der Waals surface area contributed by atoms with Crippen LogP contribution >= 0.6 is 23.1 Å². The van der Waals surface area contributed by atoms with Crippen LogP contribution in [0.3, 0.4) is 0 Å². The van der Waals surface area contributed by atoms with E-state index in [9.17, 15) is 4.79 Å². The summed E-state index contributed by atoms with van der Waals surface area (Å²) in [6.45, 7) is 2.14. The van der Waals surface area contributed by atoms with Gasteiger partial charge in [0.25, 0.3) is 0 Å². The van der Waals surface area contributed by atoms with E-state index in [1.165, 1.54) is 18.4 Å². The molecule has 0 aromatic carbocycles. The second kappa shape index (κ2) is 6.02. The van der Waals surface area contributed by atoms with Crippen molar-refractivity contribution in [1.82, 2.24) is 0 Å². The van der Waals surface area contributed by atoms with Gasteiger partial charge in [-0.15, -0.1) is 23.1 Å². The number of thiophene rings is 1. The number of thioether (sulfide) groups is 1. The standard InChI is InChI=1S/C10H14O3S2/c1-3-4-5-14-8-6-7(13-2)9(15-8)10(11)12/h6H,3-5H2,1-2H3,(H,11,12). The van der Waals surface area contributed by atoms with Crippen molar-refractivity contribution in [2.75, 3.05) is 12.9 Å². The van der Waals surface area contributed by atoms with Crippen LogP contribution in [-0.4, -0.2) is 23.9 Å². The highest BCUT2D eigenvalue weighted by molar-refractivity contribution is 8.01. The minimum Gasteiger partial charge on any atom is -0.495 e. The van der Waals surface area contributed by atoms with Gasteiger partial charge in [-0.25, -0.2) is 4.79 Å². The third kappa shape index (κ3) is 3.43. The molecule has 0 aliphatic carbocycles. The van der Waals surface area contributed by atoms with Crippen LogP contribution in [0.25, 0.3) is 0 Å². The lowest BCUT2D eigenvalue weighted by Gasteiger charge is -1.94. The summed E-state index contributed by atoms with van der Waals surface area (Å²) < 4.78 is 6.02. The van der Waals surface area contributed by atoms with Gasteiger partial charge in [0.2, 0.25) is 0 Å². The molecule has 0 fully saturated rings. The van der Waals surface area contributed by atoms with Crippen molar-refractivity contribution in [3.05, 3.63) is 10.9 Å². The average Bonchev–Trinajstić information content (AvgIpc) is 2.62. The van der Waals surface area contributed by atoms with Crippen molar-refractivity contribution in [2.24, 2.45) is 0 Å². The maximum absolute atomic E-state index is 10.8. The largest absolute Gasteiger partial charge is 0.495 e. The molecule has 3 nitrogen and oxygen atoms in total. The minimum absolute atomic E-state index is 0.288. The van der Waals surface area contributed by atoms with E-state index in [1.54, 1.807) is 17.8 Å². The molecule has 84 valence electrons. The molecule has 0 radical (unpaired) electrons. The molecule has 15 heavy (non-hydrogen) atoms. The van der Waals surface area contributed by atoms with Gasteiger partial charge in [0.1, 0.15) is 5.75 Å². The average molecular weight is 246 g/mol. The lowest BCUT2D eigenvalue weighted by atomic mass is 10.4. The maximum Gasteiger partial charge on any atom is 0.349 e. The van der Waals surface area contributed by atoms with E-state index in [4.69, 9.17) is 9.84 Å². The fourth-order valence-corrected chi connectivity index (χ4v) is 3.30. The number of carbonyl (C=O) groups is 1. The second-order valence-corrected chi connectivity index (χ2v) is 5.42. The monoisotopic (exact) mass is 246 g/mol. The van der Waals surface area contributed by atoms with Crippen LogP contribution in [-0.2, 0) is 0 Å². The van der Waals surface area contributed by atoms with E-state index in [1.807, 2.05) is 0 Å². The lowest BCUT2D eigenvalue weighted by Crippen LogP contribution is -1.94. The number of hydrogen-bond acceptors (Lipinski definition) is 4. The maximum atomic E-state index is 10.8. The van der Waals surface area contributed by atoms with Crippen LogP contribution in [0.1, 0.15) is 29.4 Å². The Balaban J connectivity index is 2.70. The molecule has 0 spiro atoms. The molecular formula is C10H14O3S2. The zero-order chi connectivity index (χ0) is 11.3. The number of hydrogen-bond donors (Lipinski definition) is 1. The van der Waals surface area contributed by atoms with Crippen LogP contribution in [0.4, 0.5) is 0 Å². The van der Waals surface area contributed by atoms with Crippen LogP contribution < -0.4 is 4.74 Å². The van der Waals surface area contributed by atoms with E-state index in [2.05, 4.69) is 6.92 Å². The third-order valence-electron chi connectivity index (χ3n) is 1.83. The molecule has 0 unspecified atom stereocenters. The Morgan fingerprint density at radius 1 is 1.67 bits per heavy atom. The van der Waals surface area contributed by atoms with Gasteiger partial charge in [-0.2, -0.15) is 0 Å². The third-order valence-corrected chi connectivity index (χ3v) is 4.23. The zero-order valence-electron chi connectivity index (χ0n) is 8.78. The zero-order valence-corrected chi connectivity index (χ0v) is 10.4. The molecule has 0 aliphatic heterocycles. The second-order valence-electron chi connectivity index (χ2n) is 2.97. The van der Waals surface area contributed by atoms with Gasteiger partial charge in [0.05, 0.1) is 11.3 Å². The highest BCUT2D eigenvalue weighted by atomic mass is 32.2. The minimum atomic E-state index is -0.917. The molecule has 1 heterocycles. The topological polar surface area (TPSA) is 46.5 Å². The Bertz CT molecular complexity index is 333. The van der Waals surface area contributed by atoms with Gasteiger partial charge in [0.15, 0.2) is 4.88 Å². The Morgan fingerprint density at radius 3 is 2.87 bits per heavy atom. The SMILES string of the molecule is CCCCSc1cc(OC)c(C(=O)O)s1. The molecule has 0 atom stereocenters. The van der Waals surface area contributed by atoms with Crippen molar-refractivity contribution in [3.63, 3.8) is 0 Å². The summed E-state index contributed by atoms with van der Waals surface area (Å²) in [5.41, 5.74) is 0. The molecule has 1 N–H and O–H groups in total. The van der Waals surface area contributed by atoms with E-state index < -0.39 is 5.97 Å². The summed E-state index contributed by atoms with van der Waals surface area (Å²) in [6.07, 6.45) is 2.30. The predicted octanol–water partition coefficient (Wildman–Crippen LogP) is 3.35. The number of unbranched alkanes of at least 4 members (excludes halogenated alkanes) is 1. The van der Waals surface area contributed by atoms with Crippen molar-refractivity contribution >= 4 is 29.1 Å². The summed E-state index contributed by atoms with van der Waals surface area (Å²) >= 11 is 2.97. The van der Waals surface area contributed by atoms with E-state index in [0.717, 1.165) is 22.8 Å². The first-order chi connectivity index (χ1) is 7.19. The normalized spacial score (nSPS) is 10.3. The summed E-state index contributed by atoms with van der Waals surface area (Å²) in [4.78, 5) is 11.1. The van der Waals surface area contributed by atoms with Crippen LogP contribution in [0.2, 0.25) is 0 Å². The first-order valence-corrected chi connectivity index (χ1v) is 6.53. The molecule has 0 bridgehead atoms. The summed E-state index contributed by atoms with van der Waals surface area (Å²) in [6, 6.07) is 1.80. The van der Waals surface area contributed by atoms with Crippen molar-refractivity contribution in [2.45, 2.75) is 24.0 Å². The van der Waals surface area contributed by atoms with Gasteiger partial charge < -0.3 is 9.84 Å². The number of rotatable bonds is 6. The predicted molar refractivity (Wildman–Crippen MR) is 63.5 cm³/mol. The highest BCUT2D eigenvalue weighted by Crippen LogP contribution is 2.35. The van der Waals surface area contributed by atoms with Crippen LogP contribution in [0, 0.1) is 0 Å². The molecular weight excluding hydrogens is 232 g/mol. The van der Waals surface area contributed by atoms with Gasteiger partial charge in [-0.1, -0.05) is 13.3 Å². The van der Waals surface area contributed by atoms with Crippen molar-refractivity contribution in [3.8, 4) is 5.75 Å². The van der Waals surface area contributed by atoms with Crippen LogP contribution in [0.5, 0.6) is 5.75 Å². The highest BCUT2D eigenvalue weighted by Gasteiger charge is 2.15. The van der Waals surface area contributed by atoms with Gasteiger partial charge in [-0.3, -0.25) is 0 Å². The van der Waals surface area contributed by atoms with Crippen LogP contribution in [0.15, 0.2) is 10.3 Å². The Hall–Kier alpha value is -0.680. The van der Waals surface area contributed by atoms with E-state index >= 15 is 0 Å². The Labute approximate surface area is 97.5 Å². The molecule has 0 aliphatic rings. The quantitative estimate of drug-likeness (QED) is 0.617. The Morgan fingerprint density at radius 2 is 2.40 bits per heavy atom. The fraction of sp³-hybridized carbons (Fsp3) is 0.500. The first kappa shape index (κ1) is 12.4. The Kier molecular flexibility index (Phi) is 4.98. The number of carboxylic acid groups (broad SMARTS) is 1. The molecule has 1 aromatic heterocycles. The molecule has 5 heteroatoms. The van der Waals surface area contributed by atoms with Crippen molar-refractivity contribution < 1.29 is 14.6 Å². The number of ether oxygens (including phenoxy) is 1. The summed E-state index contributed by atoms with van der Waals surface area (Å²) in [7, 11) is 1.50. The molecule has 0 amide bonds. The summed E-state index contributed by atoms with van der Waals surface area (Å²) in [5, 5.41) is 8.90. The number of methoxy groups -OCH3 is 1. The fourth-order valence-electron chi connectivity index (χ4n) is 1.04. The van der Waals surface area contributed by atoms with Gasteiger partial charge in [0, 0.05) is 6.07 Å². The molecule has 1 aromatic rings. The molecule has 1 rings (SSSR count).